The Labute approximate surface area is 136 Å². The predicted octanol–water partition coefficient (Wildman–Crippen LogP) is 1.56. The van der Waals surface area contributed by atoms with Crippen molar-refractivity contribution in [1.82, 2.24) is 15.5 Å². The van der Waals surface area contributed by atoms with Gasteiger partial charge in [-0.25, -0.2) is 0 Å². The molecule has 2 N–H and O–H groups in total. The van der Waals surface area contributed by atoms with Gasteiger partial charge in [-0.3, -0.25) is 14.5 Å². The van der Waals surface area contributed by atoms with Gasteiger partial charge in [0, 0.05) is 18.1 Å². The molecular formula is C16H22ClN3O2. The Balaban J connectivity index is 1.81. The van der Waals surface area contributed by atoms with E-state index in [1.807, 2.05) is 36.2 Å². The lowest BCUT2D eigenvalue weighted by Gasteiger charge is -2.19. The Morgan fingerprint density at radius 1 is 1.45 bits per heavy atom. The first-order valence-corrected chi connectivity index (χ1v) is 7.92. The Morgan fingerprint density at radius 2 is 2.27 bits per heavy atom. The zero-order valence-corrected chi connectivity index (χ0v) is 13.5. The zero-order chi connectivity index (χ0) is 15.9. The summed E-state index contributed by atoms with van der Waals surface area (Å²) >= 11 is 5.95. The third-order valence-electron chi connectivity index (χ3n) is 3.63. The lowest BCUT2D eigenvalue weighted by atomic mass is 10.1. The Hall–Kier alpha value is -1.59. The maximum Gasteiger partial charge on any atom is 0.242 e. The molecule has 2 rings (SSSR count). The molecule has 1 fully saturated rings. The van der Waals surface area contributed by atoms with Crippen LogP contribution < -0.4 is 10.6 Å². The molecule has 6 heteroatoms. The molecular weight excluding hydrogens is 302 g/mol. The summed E-state index contributed by atoms with van der Waals surface area (Å²) < 4.78 is 0. The second-order valence-electron chi connectivity index (χ2n) is 5.71. The quantitative estimate of drug-likeness (QED) is 0.864. The van der Waals surface area contributed by atoms with Crippen LogP contribution in [0.15, 0.2) is 24.3 Å². The number of hydrogen-bond donors (Lipinski definition) is 2. The smallest absolute Gasteiger partial charge is 0.242 e. The van der Waals surface area contributed by atoms with Crippen molar-refractivity contribution in [3.05, 3.63) is 34.9 Å². The first-order valence-electron chi connectivity index (χ1n) is 7.54. The van der Waals surface area contributed by atoms with E-state index in [1.165, 1.54) is 0 Å². The van der Waals surface area contributed by atoms with Crippen LogP contribution in [-0.4, -0.2) is 42.9 Å². The van der Waals surface area contributed by atoms with Crippen LogP contribution in [0.1, 0.15) is 24.8 Å². The van der Waals surface area contributed by atoms with E-state index in [0.29, 0.717) is 24.5 Å². The van der Waals surface area contributed by atoms with E-state index in [2.05, 4.69) is 10.6 Å². The van der Waals surface area contributed by atoms with Gasteiger partial charge in [-0.2, -0.15) is 0 Å². The number of benzene rings is 1. The van der Waals surface area contributed by atoms with Crippen LogP contribution in [0.5, 0.6) is 0 Å². The zero-order valence-electron chi connectivity index (χ0n) is 12.8. The summed E-state index contributed by atoms with van der Waals surface area (Å²) in [5.41, 5.74) is 1.05. The summed E-state index contributed by atoms with van der Waals surface area (Å²) in [6.07, 6.45) is 2.62. The monoisotopic (exact) mass is 323 g/mol. The average Bonchev–Trinajstić information content (AvgIpc) is 2.64. The number of carbonyl (C=O) groups is 2. The van der Waals surface area contributed by atoms with E-state index < -0.39 is 6.04 Å². The van der Waals surface area contributed by atoms with Crippen molar-refractivity contribution in [2.24, 2.45) is 0 Å². The maximum absolute atomic E-state index is 12.1. The van der Waals surface area contributed by atoms with Crippen LogP contribution in [0.3, 0.4) is 0 Å². The number of nitrogens with zero attached hydrogens (tertiary/aromatic N) is 1. The third kappa shape index (κ3) is 5.31. The topological polar surface area (TPSA) is 61.4 Å². The Morgan fingerprint density at radius 3 is 3.05 bits per heavy atom. The average molecular weight is 324 g/mol. The molecule has 1 aliphatic heterocycles. The Kier molecular flexibility index (Phi) is 6.21. The van der Waals surface area contributed by atoms with Crippen LogP contribution in [-0.2, 0) is 16.1 Å². The SMILES string of the molecule is CN(CC(=O)N[C@H]1CCCCNC1=O)Cc1cccc(Cl)c1. The van der Waals surface area contributed by atoms with E-state index in [1.54, 1.807) is 0 Å². The second kappa shape index (κ2) is 8.15. The van der Waals surface area contributed by atoms with E-state index in [4.69, 9.17) is 11.6 Å². The molecule has 2 amide bonds. The van der Waals surface area contributed by atoms with Gasteiger partial charge in [0.25, 0.3) is 0 Å². The molecule has 1 heterocycles. The number of carbonyl (C=O) groups excluding carboxylic acids is 2. The van der Waals surface area contributed by atoms with Crippen LogP contribution in [0.4, 0.5) is 0 Å². The predicted molar refractivity (Wildman–Crippen MR) is 86.6 cm³/mol. The minimum Gasteiger partial charge on any atom is -0.354 e. The van der Waals surface area contributed by atoms with Crippen LogP contribution in [0.25, 0.3) is 0 Å². The molecule has 1 saturated heterocycles. The van der Waals surface area contributed by atoms with E-state index in [9.17, 15) is 9.59 Å². The van der Waals surface area contributed by atoms with Crippen molar-refractivity contribution in [3.63, 3.8) is 0 Å². The molecule has 0 aromatic heterocycles. The fourth-order valence-electron chi connectivity index (χ4n) is 2.57. The van der Waals surface area contributed by atoms with Crippen molar-refractivity contribution in [2.45, 2.75) is 31.8 Å². The molecule has 120 valence electrons. The van der Waals surface area contributed by atoms with Gasteiger partial charge in [-0.05, 0) is 44.0 Å². The summed E-state index contributed by atoms with van der Waals surface area (Å²) in [5, 5.41) is 6.32. The highest BCUT2D eigenvalue weighted by Gasteiger charge is 2.22. The summed E-state index contributed by atoms with van der Waals surface area (Å²) in [6.45, 7) is 1.57. The fraction of sp³-hybridized carbons (Fsp3) is 0.500. The summed E-state index contributed by atoms with van der Waals surface area (Å²) in [6, 6.07) is 7.16. The molecule has 0 aliphatic carbocycles. The highest BCUT2D eigenvalue weighted by molar-refractivity contribution is 6.30. The molecule has 1 aliphatic rings. The molecule has 0 unspecified atom stereocenters. The third-order valence-corrected chi connectivity index (χ3v) is 3.86. The van der Waals surface area contributed by atoms with Crippen LogP contribution in [0, 0.1) is 0 Å². The summed E-state index contributed by atoms with van der Waals surface area (Å²) in [5.74, 6) is -0.213. The first kappa shape index (κ1) is 16.8. The minimum atomic E-state index is -0.408. The lowest BCUT2D eigenvalue weighted by Crippen LogP contribution is -2.48. The summed E-state index contributed by atoms with van der Waals surface area (Å²) in [4.78, 5) is 25.8. The maximum atomic E-state index is 12.1. The fourth-order valence-corrected chi connectivity index (χ4v) is 2.78. The normalized spacial score (nSPS) is 18.7. The van der Waals surface area contributed by atoms with Crippen molar-refractivity contribution in [3.8, 4) is 0 Å². The van der Waals surface area contributed by atoms with Crippen LogP contribution in [0.2, 0.25) is 5.02 Å². The van der Waals surface area contributed by atoms with Crippen LogP contribution >= 0.6 is 11.6 Å². The largest absolute Gasteiger partial charge is 0.354 e. The number of amides is 2. The van der Waals surface area contributed by atoms with Gasteiger partial charge in [0.15, 0.2) is 0 Å². The molecule has 0 spiro atoms. The highest BCUT2D eigenvalue weighted by atomic mass is 35.5. The molecule has 1 aromatic rings. The van der Waals surface area contributed by atoms with Gasteiger partial charge in [-0.15, -0.1) is 0 Å². The van der Waals surface area contributed by atoms with Crippen molar-refractivity contribution in [1.29, 1.82) is 0 Å². The number of rotatable bonds is 5. The minimum absolute atomic E-state index is 0.0802. The number of likely N-dealkylation sites (N-methyl/N-ethyl adjacent to an activating group) is 1. The van der Waals surface area contributed by atoms with Gasteiger partial charge >= 0.3 is 0 Å². The van der Waals surface area contributed by atoms with Crippen molar-refractivity contribution >= 4 is 23.4 Å². The first-order chi connectivity index (χ1) is 10.5. The highest BCUT2D eigenvalue weighted by Crippen LogP contribution is 2.12. The van der Waals surface area contributed by atoms with E-state index >= 15 is 0 Å². The number of halogens is 1. The number of hydrogen-bond acceptors (Lipinski definition) is 3. The van der Waals surface area contributed by atoms with Gasteiger partial charge in [0.05, 0.1) is 6.54 Å². The molecule has 0 radical (unpaired) electrons. The molecule has 22 heavy (non-hydrogen) atoms. The van der Waals surface area contributed by atoms with E-state index in [0.717, 1.165) is 18.4 Å². The van der Waals surface area contributed by atoms with Gasteiger partial charge < -0.3 is 10.6 Å². The van der Waals surface area contributed by atoms with E-state index in [-0.39, 0.29) is 18.4 Å². The lowest BCUT2D eigenvalue weighted by molar-refractivity contribution is -0.129. The molecule has 0 saturated carbocycles. The Bertz CT molecular complexity index is 536. The second-order valence-corrected chi connectivity index (χ2v) is 6.15. The molecule has 1 atom stereocenters. The number of nitrogens with one attached hydrogen (secondary N) is 2. The van der Waals surface area contributed by atoms with Gasteiger partial charge in [-0.1, -0.05) is 23.7 Å². The molecule has 0 bridgehead atoms. The van der Waals surface area contributed by atoms with Gasteiger partial charge in [0.1, 0.15) is 6.04 Å². The molecule has 5 nitrogen and oxygen atoms in total. The standard InChI is InChI=1S/C16H22ClN3O2/c1-20(10-12-5-4-6-13(17)9-12)11-15(21)19-14-7-2-3-8-18-16(14)22/h4-6,9,14H,2-3,7-8,10-11H2,1H3,(H,18,22)(H,19,21)/t14-/m0/s1. The summed E-state index contributed by atoms with van der Waals surface area (Å²) in [7, 11) is 1.87. The van der Waals surface area contributed by atoms with Crippen molar-refractivity contribution in [2.75, 3.05) is 20.1 Å². The molecule has 1 aromatic carbocycles. The van der Waals surface area contributed by atoms with Crippen molar-refractivity contribution < 1.29 is 9.59 Å². The van der Waals surface area contributed by atoms with Gasteiger partial charge in [0.2, 0.25) is 11.8 Å².